The maximum absolute atomic E-state index is 4.94. The van der Waals surface area contributed by atoms with Gasteiger partial charge in [-0.3, -0.25) is 0 Å². The molecule has 0 saturated heterocycles. The molecule has 0 heterocycles. The molecule has 1 nitrogen and oxygen atoms in total. The fourth-order valence-electron chi connectivity index (χ4n) is 1.70. The van der Waals surface area contributed by atoms with E-state index in [9.17, 15) is 0 Å². The third-order valence-electron chi connectivity index (χ3n) is 2.83. The highest BCUT2D eigenvalue weighted by atomic mass is 31.0. The first-order valence-corrected chi connectivity index (χ1v) is 8.30. The van der Waals surface area contributed by atoms with Crippen LogP contribution in [0.25, 0.3) is 0 Å². The lowest BCUT2D eigenvalue weighted by molar-refractivity contribution is 0.358. The Hall–Kier alpha value is -0.650. The molecule has 0 bridgehead atoms. The lowest BCUT2D eigenvalue weighted by Gasteiger charge is -1.94. The van der Waals surface area contributed by atoms with Crippen molar-refractivity contribution < 1.29 is 4.52 Å². The maximum atomic E-state index is 4.94. The van der Waals surface area contributed by atoms with Crippen LogP contribution in [0.5, 0.6) is 0 Å². The van der Waals surface area contributed by atoms with Gasteiger partial charge in [-0.1, -0.05) is 55.5 Å². The number of hydrogen-bond donors (Lipinski definition) is 0. The first-order chi connectivity index (χ1) is 9.91. The summed E-state index contributed by atoms with van der Waals surface area (Å²) in [5.41, 5.74) is 0. The van der Waals surface area contributed by atoms with Gasteiger partial charge in [0.05, 0.1) is 6.61 Å². The summed E-state index contributed by atoms with van der Waals surface area (Å²) in [7, 11) is 2.30. The molecule has 0 aromatic rings. The number of unbranched alkanes of at least 4 members (excludes halogenated alkanes) is 3. The molecule has 0 rings (SSSR count). The van der Waals surface area contributed by atoms with Crippen molar-refractivity contribution >= 4 is 9.47 Å². The second-order valence-electron chi connectivity index (χ2n) is 4.71. The van der Waals surface area contributed by atoms with Gasteiger partial charge in [0, 0.05) is 9.47 Å². The molecule has 0 spiro atoms. The van der Waals surface area contributed by atoms with Crippen LogP contribution < -0.4 is 0 Å². The summed E-state index contributed by atoms with van der Waals surface area (Å²) in [4.78, 5) is 0. The Bertz CT molecular complexity index is 290. The second kappa shape index (κ2) is 18.4. The van der Waals surface area contributed by atoms with Crippen LogP contribution in [0.15, 0.2) is 48.6 Å². The number of allylic oxidation sites excluding steroid dienone is 8. The maximum Gasteiger partial charge on any atom is 0.0502 e. The van der Waals surface area contributed by atoms with Crippen LogP contribution in [-0.4, -0.2) is 6.61 Å². The van der Waals surface area contributed by atoms with Gasteiger partial charge in [-0.25, -0.2) is 0 Å². The molecular formula is C18H31OP. The fourth-order valence-corrected chi connectivity index (χ4v) is 1.87. The largest absolute Gasteiger partial charge is 0.366 e. The minimum Gasteiger partial charge on any atom is -0.366 e. The van der Waals surface area contributed by atoms with Crippen molar-refractivity contribution in [1.29, 1.82) is 0 Å². The van der Waals surface area contributed by atoms with Crippen molar-refractivity contribution in [1.82, 2.24) is 0 Å². The van der Waals surface area contributed by atoms with Crippen molar-refractivity contribution in [2.45, 2.75) is 58.3 Å². The lowest BCUT2D eigenvalue weighted by Crippen LogP contribution is -1.82. The van der Waals surface area contributed by atoms with Crippen LogP contribution in [0.3, 0.4) is 0 Å². The third-order valence-corrected chi connectivity index (χ3v) is 3.07. The number of hydrogen-bond acceptors (Lipinski definition) is 1. The molecule has 20 heavy (non-hydrogen) atoms. The van der Waals surface area contributed by atoms with Gasteiger partial charge < -0.3 is 4.52 Å². The molecule has 0 radical (unpaired) electrons. The van der Waals surface area contributed by atoms with E-state index in [1.807, 2.05) is 0 Å². The molecule has 1 atom stereocenters. The zero-order valence-corrected chi connectivity index (χ0v) is 14.1. The van der Waals surface area contributed by atoms with Crippen molar-refractivity contribution in [3.63, 3.8) is 0 Å². The van der Waals surface area contributed by atoms with E-state index in [1.54, 1.807) is 0 Å². The molecule has 0 aliphatic rings. The standard InChI is InChI=1S/C18H31OP/c1-2-3-4-5-6-7-8-9-10-11-12-13-14-15-16-17-18-19-20/h3-4,6-7,9-10,13-14H,2,5,8,11-12,15-18,20H2,1H3/b4-3-,7-6-,10-9-,14-13+. The first-order valence-electron chi connectivity index (χ1n) is 7.83. The molecule has 0 N–H and O–H groups in total. The molecule has 0 saturated carbocycles. The van der Waals surface area contributed by atoms with Crippen LogP contribution in [0, 0.1) is 0 Å². The summed E-state index contributed by atoms with van der Waals surface area (Å²) in [5.74, 6) is 0. The summed E-state index contributed by atoms with van der Waals surface area (Å²) in [6.45, 7) is 3.01. The Balaban J connectivity index is 3.30. The summed E-state index contributed by atoms with van der Waals surface area (Å²) in [6.07, 6.45) is 27.1. The molecule has 0 fully saturated rings. The van der Waals surface area contributed by atoms with Gasteiger partial charge in [0.25, 0.3) is 0 Å². The molecule has 1 unspecified atom stereocenters. The van der Waals surface area contributed by atoms with Crippen molar-refractivity contribution in [3.05, 3.63) is 48.6 Å². The Morgan fingerprint density at radius 2 is 1.25 bits per heavy atom. The molecule has 0 aromatic carbocycles. The van der Waals surface area contributed by atoms with Gasteiger partial charge >= 0.3 is 0 Å². The monoisotopic (exact) mass is 294 g/mol. The van der Waals surface area contributed by atoms with E-state index >= 15 is 0 Å². The van der Waals surface area contributed by atoms with Gasteiger partial charge in [-0.05, 0) is 51.4 Å². The summed E-state index contributed by atoms with van der Waals surface area (Å²) >= 11 is 0. The van der Waals surface area contributed by atoms with E-state index in [-0.39, 0.29) is 0 Å². The second-order valence-corrected chi connectivity index (χ2v) is 5.04. The zero-order chi connectivity index (χ0) is 14.7. The topological polar surface area (TPSA) is 9.23 Å². The van der Waals surface area contributed by atoms with Crippen molar-refractivity contribution in [3.8, 4) is 0 Å². The Kier molecular flexibility index (Phi) is 17.8. The van der Waals surface area contributed by atoms with Crippen LogP contribution >= 0.6 is 9.47 Å². The molecule has 0 aromatic heterocycles. The smallest absolute Gasteiger partial charge is 0.0502 e. The highest BCUT2D eigenvalue weighted by Crippen LogP contribution is 2.01. The Morgan fingerprint density at radius 1 is 0.700 bits per heavy atom. The van der Waals surface area contributed by atoms with E-state index in [1.165, 1.54) is 12.8 Å². The molecule has 0 amide bonds. The van der Waals surface area contributed by atoms with E-state index in [4.69, 9.17) is 4.52 Å². The fraction of sp³-hybridized carbons (Fsp3) is 0.556. The first kappa shape index (κ1) is 19.4. The van der Waals surface area contributed by atoms with Crippen LogP contribution in [0.4, 0.5) is 0 Å². The summed E-state index contributed by atoms with van der Waals surface area (Å²) < 4.78 is 4.94. The summed E-state index contributed by atoms with van der Waals surface area (Å²) in [6, 6.07) is 0. The molecule has 114 valence electrons. The predicted molar refractivity (Wildman–Crippen MR) is 94.8 cm³/mol. The number of rotatable bonds is 13. The van der Waals surface area contributed by atoms with E-state index in [0.717, 1.165) is 45.1 Å². The third kappa shape index (κ3) is 17.4. The van der Waals surface area contributed by atoms with E-state index in [0.29, 0.717) is 0 Å². The van der Waals surface area contributed by atoms with Gasteiger partial charge in [-0.2, -0.15) is 0 Å². The van der Waals surface area contributed by atoms with Crippen LogP contribution in [0.1, 0.15) is 58.3 Å². The predicted octanol–water partition coefficient (Wildman–Crippen LogP) is 6.16. The van der Waals surface area contributed by atoms with E-state index < -0.39 is 0 Å². The minimum absolute atomic E-state index is 0.850. The van der Waals surface area contributed by atoms with Crippen molar-refractivity contribution in [2.75, 3.05) is 6.61 Å². The normalized spacial score (nSPS) is 12.7. The van der Waals surface area contributed by atoms with Gasteiger partial charge in [-0.15, -0.1) is 0 Å². The average Bonchev–Trinajstić information content (AvgIpc) is 2.47. The Labute approximate surface area is 128 Å². The van der Waals surface area contributed by atoms with Crippen molar-refractivity contribution in [2.24, 2.45) is 0 Å². The minimum atomic E-state index is 0.850. The highest BCUT2D eigenvalue weighted by molar-refractivity contribution is 7.09. The SMILES string of the molecule is CC/C=C\C/C=C\C/C=C\CC/C=C/CCCCOP. The molecule has 2 heteroatoms. The lowest BCUT2D eigenvalue weighted by atomic mass is 10.2. The van der Waals surface area contributed by atoms with Gasteiger partial charge in [0.2, 0.25) is 0 Å². The molecular weight excluding hydrogens is 263 g/mol. The molecule has 0 aliphatic heterocycles. The zero-order valence-electron chi connectivity index (χ0n) is 13.0. The highest BCUT2D eigenvalue weighted by Gasteiger charge is 1.84. The van der Waals surface area contributed by atoms with Gasteiger partial charge in [0.15, 0.2) is 0 Å². The van der Waals surface area contributed by atoms with Gasteiger partial charge in [0.1, 0.15) is 0 Å². The average molecular weight is 294 g/mol. The quantitative estimate of drug-likeness (QED) is 0.224. The van der Waals surface area contributed by atoms with E-state index in [2.05, 4.69) is 65.0 Å². The van der Waals surface area contributed by atoms with Crippen LogP contribution in [0.2, 0.25) is 0 Å². The molecule has 0 aliphatic carbocycles. The Morgan fingerprint density at radius 3 is 1.90 bits per heavy atom. The van der Waals surface area contributed by atoms with Crippen LogP contribution in [-0.2, 0) is 4.52 Å². The summed E-state index contributed by atoms with van der Waals surface area (Å²) in [5, 5.41) is 0.